The van der Waals surface area contributed by atoms with Gasteiger partial charge in [-0.05, 0) is 24.1 Å². The van der Waals surface area contributed by atoms with E-state index in [0.29, 0.717) is 0 Å². The molecule has 0 amide bonds. The minimum Gasteiger partial charge on any atom is -0.309 e. The van der Waals surface area contributed by atoms with Crippen molar-refractivity contribution >= 4 is 33.8 Å². The molecule has 3 nitrogen and oxygen atoms in total. The molecule has 2 aromatic heterocycles. The molecule has 0 bridgehead atoms. The number of hydrogen-bond donors (Lipinski definition) is 1. The van der Waals surface area contributed by atoms with Gasteiger partial charge in [-0.25, -0.2) is 0 Å². The highest BCUT2D eigenvalue weighted by Crippen LogP contribution is 2.32. The number of likely N-dealkylation sites (N-methyl/N-ethyl adjacent to an activating group) is 1. The van der Waals surface area contributed by atoms with Crippen molar-refractivity contribution in [2.24, 2.45) is 7.05 Å². The number of thiophene rings is 1. The quantitative estimate of drug-likeness (QED) is 0.764. The number of halogens is 1. The first-order valence-electron chi connectivity index (χ1n) is 7.07. The summed E-state index contributed by atoms with van der Waals surface area (Å²) >= 11 is 8.00. The van der Waals surface area contributed by atoms with E-state index in [-0.39, 0.29) is 6.04 Å². The third-order valence-corrected chi connectivity index (χ3v) is 5.12. The summed E-state index contributed by atoms with van der Waals surface area (Å²) in [4.78, 5) is 1.19. The van der Waals surface area contributed by atoms with Crippen molar-refractivity contribution in [3.63, 3.8) is 0 Å². The van der Waals surface area contributed by atoms with Gasteiger partial charge >= 0.3 is 0 Å². The summed E-state index contributed by atoms with van der Waals surface area (Å²) in [5.74, 6) is 0. The Bertz CT molecular complexity index is 747. The van der Waals surface area contributed by atoms with E-state index in [9.17, 15) is 0 Å². The molecule has 0 aliphatic heterocycles. The molecular formula is C16H18ClN3S. The summed E-state index contributed by atoms with van der Waals surface area (Å²) in [6.07, 6.45) is 0.843. The summed E-state index contributed by atoms with van der Waals surface area (Å²) in [6, 6.07) is 10.5. The summed E-state index contributed by atoms with van der Waals surface area (Å²) in [5, 5.41) is 12.3. The smallest absolute Gasteiger partial charge is 0.0722 e. The second kappa shape index (κ2) is 6.18. The Morgan fingerprint density at radius 2 is 2.14 bits per heavy atom. The highest BCUT2D eigenvalue weighted by atomic mass is 35.5. The zero-order valence-electron chi connectivity index (χ0n) is 12.1. The van der Waals surface area contributed by atoms with Gasteiger partial charge in [0.05, 0.1) is 16.2 Å². The Morgan fingerprint density at radius 3 is 2.86 bits per heavy atom. The van der Waals surface area contributed by atoms with Crippen molar-refractivity contribution < 1.29 is 0 Å². The maximum Gasteiger partial charge on any atom is 0.0722 e. The van der Waals surface area contributed by atoms with Gasteiger partial charge in [-0.1, -0.05) is 36.7 Å². The van der Waals surface area contributed by atoms with Crippen LogP contribution in [0.1, 0.15) is 23.5 Å². The fourth-order valence-corrected chi connectivity index (χ4v) is 3.96. The Hall–Kier alpha value is -1.36. The largest absolute Gasteiger partial charge is 0.309 e. The fourth-order valence-electron chi connectivity index (χ4n) is 2.69. The summed E-state index contributed by atoms with van der Waals surface area (Å²) in [7, 11) is 1.99. The maximum atomic E-state index is 6.30. The molecule has 0 saturated heterocycles. The average molecular weight is 320 g/mol. The minimum absolute atomic E-state index is 0.209. The van der Waals surface area contributed by atoms with Crippen molar-refractivity contribution in [1.29, 1.82) is 0 Å². The van der Waals surface area contributed by atoms with Crippen LogP contribution in [0, 0.1) is 0 Å². The van der Waals surface area contributed by atoms with Crippen LogP contribution in [0.5, 0.6) is 0 Å². The van der Waals surface area contributed by atoms with Crippen LogP contribution in [0.25, 0.3) is 10.9 Å². The van der Waals surface area contributed by atoms with E-state index in [0.717, 1.165) is 23.7 Å². The number of aryl methyl sites for hydroxylation is 1. The first kappa shape index (κ1) is 14.6. The molecule has 1 atom stereocenters. The fraction of sp³-hybridized carbons (Fsp3) is 0.312. The van der Waals surface area contributed by atoms with Gasteiger partial charge < -0.3 is 5.32 Å². The third-order valence-electron chi connectivity index (χ3n) is 3.64. The molecule has 110 valence electrons. The lowest BCUT2D eigenvalue weighted by Gasteiger charge is -2.16. The van der Waals surface area contributed by atoms with Gasteiger partial charge in [0, 0.05) is 29.8 Å². The molecule has 2 heterocycles. The monoisotopic (exact) mass is 319 g/mol. The molecule has 1 aromatic carbocycles. The van der Waals surface area contributed by atoms with Crippen LogP contribution in [0.2, 0.25) is 5.02 Å². The topological polar surface area (TPSA) is 29.9 Å². The van der Waals surface area contributed by atoms with Crippen LogP contribution >= 0.6 is 22.9 Å². The SMILES string of the molecule is CCNC(Cc1nn(C)c2ccccc12)c1sccc1Cl. The predicted molar refractivity (Wildman–Crippen MR) is 90.2 cm³/mol. The molecule has 0 aliphatic carbocycles. The molecule has 1 N–H and O–H groups in total. The lowest BCUT2D eigenvalue weighted by Crippen LogP contribution is -2.22. The number of hydrogen-bond acceptors (Lipinski definition) is 3. The van der Waals surface area contributed by atoms with Crippen molar-refractivity contribution in [3.8, 4) is 0 Å². The van der Waals surface area contributed by atoms with Crippen molar-refractivity contribution in [1.82, 2.24) is 15.1 Å². The second-order valence-corrected chi connectivity index (χ2v) is 6.39. The number of para-hydroxylation sites is 1. The number of nitrogens with one attached hydrogen (secondary N) is 1. The lowest BCUT2D eigenvalue weighted by molar-refractivity contribution is 0.549. The van der Waals surface area contributed by atoms with Gasteiger partial charge in [-0.2, -0.15) is 5.10 Å². The van der Waals surface area contributed by atoms with E-state index < -0.39 is 0 Å². The standard InChI is InChI=1S/C16H18ClN3S/c1-3-18-14(16-12(17)8-9-21-16)10-13-11-6-4-5-7-15(11)20(2)19-13/h4-9,14,18H,3,10H2,1-2H3. The highest BCUT2D eigenvalue weighted by molar-refractivity contribution is 7.10. The van der Waals surface area contributed by atoms with E-state index >= 15 is 0 Å². The third kappa shape index (κ3) is 2.84. The molecule has 0 spiro atoms. The van der Waals surface area contributed by atoms with Gasteiger partial charge in [0.2, 0.25) is 0 Å². The van der Waals surface area contributed by atoms with Crippen molar-refractivity contribution in [2.75, 3.05) is 6.54 Å². The Labute approximate surface area is 133 Å². The van der Waals surface area contributed by atoms with Gasteiger partial charge in [0.25, 0.3) is 0 Å². The minimum atomic E-state index is 0.209. The number of fused-ring (bicyclic) bond motifs is 1. The van der Waals surface area contributed by atoms with Crippen LogP contribution in [-0.4, -0.2) is 16.3 Å². The summed E-state index contributed by atoms with van der Waals surface area (Å²) in [5.41, 5.74) is 2.28. The van der Waals surface area contributed by atoms with Crippen LogP contribution in [0.3, 0.4) is 0 Å². The number of rotatable bonds is 5. The van der Waals surface area contributed by atoms with Crippen LogP contribution in [0.4, 0.5) is 0 Å². The number of nitrogens with zero attached hydrogens (tertiary/aromatic N) is 2. The van der Waals surface area contributed by atoms with E-state index in [1.54, 1.807) is 11.3 Å². The Kier molecular flexibility index (Phi) is 4.29. The van der Waals surface area contributed by atoms with E-state index in [4.69, 9.17) is 11.6 Å². The predicted octanol–water partition coefficient (Wildman–Crippen LogP) is 4.18. The highest BCUT2D eigenvalue weighted by Gasteiger charge is 2.19. The van der Waals surface area contributed by atoms with Gasteiger partial charge in [0.15, 0.2) is 0 Å². The molecule has 3 aromatic rings. The van der Waals surface area contributed by atoms with Crippen LogP contribution < -0.4 is 5.32 Å². The summed E-state index contributed by atoms with van der Waals surface area (Å²) in [6.45, 7) is 3.02. The van der Waals surface area contributed by atoms with Crippen LogP contribution in [0.15, 0.2) is 35.7 Å². The van der Waals surface area contributed by atoms with Crippen molar-refractivity contribution in [3.05, 3.63) is 51.3 Å². The molecule has 0 saturated carbocycles. The lowest BCUT2D eigenvalue weighted by atomic mass is 10.1. The van der Waals surface area contributed by atoms with Gasteiger partial charge in [0.1, 0.15) is 0 Å². The summed E-state index contributed by atoms with van der Waals surface area (Å²) < 4.78 is 1.95. The normalized spacial score (nSPS) is 12.9. The first-order valence-corrected chi connectivity index (χ1v) is 8.33. The van der Waals surface area contributed by atoms with E-state index in [1.807, 2.05) is 29.2 Å². The van der Waals surface area contributed by atoms with Gasteiger partial charge in [-0.15, -0.1) is 11.3 Å². The second-order valence-electron chi connectivity index (χ2n) is 5.03. The Morgan fingerprint density at radius 1 is 1.33 bits per heavy atom. The molecular weight excluding hydrogens is 302 g/mol. The van der Waals surface area contributed by atoms with Gasteiger partial charge in [-0.3, -0.25) is 4.68 Å². The number of benzene rings is 1. The van der Waals surface area contributed by atoms with Crippen LogP contribution in [-0.2, 0) is 13.5 Å². The Balaban J connectivity index is 1.97. The zero-order valence-corrected chi connectivity index (χ0v) is 13.7. The molecule has 21 heavy (non-hydrogen) atoms. The molecule has 0 fully saturated rings. The molecule has 0 aliphatic rings. The zero-order chi connectivity index (χ0) is 14.8. The molecule has 5 heteroatoms. The number of aromatic nitrogens is 2. The molecule has 3 rings (SSSR count). The first-order chi connectivity index (χ1) is 10.2. The maximum absolute atomic E-state index is 6.30. The van der Waals surface area contributed by atoms with E-state index in [1.165, 1.54) is 15.8 Å². The van der Waals surface area contributed by atoms with Crippen molar-refractivity contribution in [2.45, 2.75) is 19.4 Å². The van der Waals surface area contributed by atoms with E-state index in [2.05, 4.69) is 35.5 Å². The molecule has 1 unspecified atom stereocenters. The average Bonchev–Trinajstić information content (AvgIpc) is 3.04. The molecule has 0 radical (unpaired) electrons.